The molecule has 18 heavy (non-hydrogen) atoms. The van der Waals surface area contributed by atoms with E-state index in [-0.39, 0.29) is 11.6 Å². The van der Waals surface area contributed by atoms with Crippen molar-refractivity contribution in [3.05, 3.63) is 40.2 Å². The van der Waals surface area contributed by atoms with Gasteiger partial charge >= 0.3 is 5.97 Å². The zero-order valence-corrected chi connectivity index (χ0v) is 10.6. The predicted octanol–water partition coefficient (Wildman–Crippen LogP) is 2.60. The van der Waals surface area contributed by atoms with Crippen LogP contribution in [0, 0.1) is 0 Å². The molecule has 0 saturated heterocycles. The van der Waals surface area contributed by atoms with Crippen LogP contribution in [0.5, 0.6) is 0 Å². The number of nitrogens with zero attached hydrogens (tertiary/aromatic N) is 1. The lowest BCUT2D eigenvalue weighted by atomic mass is 10.1. The van der Waals surface area contributed by atoms with E-state index >= 15 is 0 Å². The molecule has 0 aliphatic heterocycles. The van der Waals surface area contributed by atoms with Gasteiger partial charge in [0.25, 0.3) is 0 Å². The highest BCUT2D eigenvalue weighted by Crippen LogP contribution is 2.23. The van der Waals surface area contributed by atoms with Crippen molar-refractivity contribution < 1.29 is 9.90 Å². The Bertz CT molecular complexity index is 554. The van der Waals surface area contributed by atoms with Gasteiger partial charge in [-0.05, 0) is 35.4 Å². The number of carboxylic acids is 1. The van der Waals surface area contributed by atoms with Gasteiger partial charge in [0.2, 0.25) is 0 Å². The Morgan fingerprint density at radius 2 is 2.39 bits per heavy atom. The van der Waals surface area contributed by atoms with E-state index < -0.39 is 5.97 Å². The number of hydrogen-bond acceptors (Lipinski definition) is 5. The molecule has 0 aliphatic rings. The average Bonchev–Trinajstić information content (AvgIpc) is 2.84. The molecule has 1 unspecified atom stereocenters. The third-order valence-electron chi connectivity index (χ3n) is 2.54. The summed E-state index contributed by atoms with van der Waals surface area (Å²) in [6, 6.07) is 3.38. The number of carboxylic acid groups (broad SMARTS) is 1. The number of rotatable bonds is 4. The number of nitrogens with one attached hydrogen (secondary N) is 1. The Morgan fingerprint density at radius 3 is 3.00 bits per heavy atom. The van der Waals surface area contributed by atoms with E-state index in [1.807, 2.05) is 23.8 Å². The van der Waals surface area contributed by atoms with Crippen LogP contribution < -0.4 is 11.1 Å². The monoisotopic (exact) mass is 263 g/mol. The number of nitrogen functional groups attached to an aromatic ring is 1. The highest BCUT2D eigenvalue weighted by molar-refractivity contribution is 7.07. The van der Waals surface area contributed by atoms with E-state index in [1.165, 1.54) is 12.3 Å². The number of carbonyl (C=O) groups is 1. The zero-order valence-electron chi connectivity index (χ0n) is 9.75. The number of nitrogens with two attached hydrogens (primary N) is 1. The lowest BCUT2D eigenvalue weighted by molar-refractivity contribution is 0.0697. The summed E-state index contributed by atoms with van der Waals surface area (Å²) in [5.74, 6) is -0.717. The predicted molar refractivity (Wildman–Crippen MR) is 72.0 cm³/mol. The maximum absolute atomic E-state index is 11.1. The number of aromatic carboxylic acids is 1. The Morgan fingerprint density at radius 1 is 1.61 bits per heavy atom. The maximum atomic E-state index is 11.1. The molecule has 4 N–H and O–H groups in total. The first kappa shape index (κ1) is 12.4. The number of pyridine rings is 1. The van der Waals surface area contributed by atoms with Gasteiger partial charge in [0.1, 0.15) is 11.4 Å². The number of hydrogen-bond donors (Lipinski definition) is 3. The molecule has 0 amide bonds. The second-order valence-electron chi connectivity index (χ2n) is 3.89. The SMILES string of the molecule is CC(Nc1ncc(N)cc1C(=O)O)c1ccsc1. The first-order chi connectivity index (χ1) is 8.58. The summed E-state index contributed by atoms with van der Waals surface area (Å²) in [4.78, 5) is 15.1. The molecule has 2 aromatic heterocycles. The third-order valence-corrected chi connectivity index (χ3v) is 3.24. The minimum atomic E-state index is -1.05. The Kier molecular flexibility index (Phi) is 3.47. The van der Waals surface area contributed by atoms with Crippen molar-refractivity contribution in [2.75, 3.05) is 11.1 Å². The summed E-state index contributed by atoms with van der Waals surface area (Å²) in [6.07, 6.45) is 1.44. The van der Waals surface area contributed by atoms with Crippen molar-refractivity contribution in [1.29, 1.82) is 0 Å². The molecule has 0 aliphatic carbocycles. The Balaban J connectivity index is 2.26. The summed E-state index contributed by atoms with van der Waals surface area (Å²) in [7, 11) is 0. The molecule has 2 heterocycles. The second-order valence-corrected chi connectivity index (χ2v) is 4.67. The number of anilines is 2. The van der Waals surface area contributed by atoms with Gasteiger partial charge in [-0.15, -0.1) is 0 Å². The van der Waals surface area contributed by atoms with Crippen LogP contribution in [0.1, 0.15) is 28.9 Å². The molecule has 5 nitrogen and oxygen atoms in total. The fourth-order valence-electron chi connectivity index (χ4n) is 1.57. The quantitative estimate of drug-likeness (QED) is 0.789. The van der Waals surface area contributed by atoms with Crippen LogP contribution in [-0.4, -0.2) is 16.1 Å². The van der Waals surface area contributed by atoms with Crippen LogP contribution in [0.3, 0.4) is 0 Å². The van der Waals surface area contributed by atoms with E-state index in [9.17, 15) is 4.79 Å². The van der Waals surface area contributed by atoms with Gasteiger partial charge in [0, 0.05) is 0 Å². The van der Waals surface area contributed by atoms with E-state index in [1.54, 1.807) is 11.3 Å². The lowest BCUT2D eigenvalue weighted by Gasteiger charge is -2.15. The Hall–Kier alpha value is -2.08. The highest BCUT2D eigenvalue weighted by Gasteiger charge is 2.14. The van der Waals surface area contributed by atoms with Crippen molar-refractivity contribution in [2.45, 2.75) is 13.0 Å². The van der Waals surface area contributed by atoms with Gasteiger partial charge in [-0.3, -0.25) is 0 Å². The van der Waals surface area contributed by atoms with E-state index in [0.717, 1.165) is 5.56 Å². The minimum Gasteiger partial charge on any atom is -0.478 e. The van der Waals surface area contributed by atoms with E-state index in [2.05, 4.69) is 10.3 Å². The van der Waals surface area contributed by atoms with Gasteiger partial charge in [0.15, 0.2) is 0 Å². The molecule has 0 bridgehead atoms. The van der Waals surface area contributed by atoms with Gasteiger partial charge < -0.3 is 16.2 Å². The fourth-order valence-corrected chi connectivity index (χ4v) is 2.32. The molecule has 2 rings (SSSR count). The normalized spacial score (nSPS) is 12.1. The summed E-state index contributed by atoms with van der Waals surface area (Å²) < 4.78 is 0. The van der Waals surface area contributed by atoms with Gasteiger partial charge in [-0.1, -0.05) is 0 Å². The van der Waals surface area contributed by atoms with Crippen LogP contribution in [0.2, 0.25) is 0 Å². The number of thiophene rings is 1. The summed E-state index contributed by atoms with van der Waals surface area (Å²) in [5, 5.41) is 16.2. The van der Waals surface area contributed by atoms with Crippen LogP contribution in [0.15, 0.2) is 29.1 Å². The fraction of sp³-hybridized carbons (Fsp3) is 0.167. The Labute approximate surface area is 108 Å². The van der Waals surface area contributed by atoms with Crippen molar-refractivity contribution in [2.24, 2.45) is 0 Å². The van der Waals surface area contributed by atoms with Gasteiger partial charge in [-0.25, -0.2) is 9.78 Å². The molecular weight excluding hydrogens is 250 g/mol. The molecule has 0 fully saturated rings. The smallest absolute Gasteiger partial charge is 0.339 e. The van der Waals surface area contributed by atoms with Crippen molar-refractivity contribution in [3.63, 3.8) is 0 Å². The average molecular weight is 263 g/mol. The standard InChI is InChI=1S/C12H13N3O2S/c1-7(8-2-3-18-6-8)15-11-10(12(16)17)4-9(13)5-14-11/h2-7H,13H2,1H3,(H,14,15)(H,16,17). The molecular formula is C12H13N3O2S. The van der Waals surface area contributed by atoms with Crippen molar-refractivity contribution >= 4 is 28.8 Å². The number of aromatic nitrogens is 1. The molecule has 1 atom stereocenters. The lowest BCUT2D eigenvalue weighted by Crippen LogP contribution is -2.12. The summed E-state index contributed by atoms with van der Waals surface area (Å²) in [6.45, 7) is 1.95. The van der Waals surface area contributed by atoms with Crippen LogP contribution in [0.4, 0.5) is 11.5 Å². The molecule has 0 spiro atoms. The summed E-state index contributed by atoms with van der Waals surface area (Å²) >= 11 is 1.59. The minimum absolute atomic E-state index is 0.00882. The molecule has 0 radical (unpaired) electrons. The van der Waals surface area contributed by atoms with E-state index in [4.69, 9.17) is 10.8 Å². The zero-order chi connectivity index (χ0) is 13.1. The van der Waals surface area contributed by atoms with Crippen LogP contribution >= 0.6 is 11.3 Å². The van der Waals surface area contributed by atoms with Crippen LogP contribution in [0.25, 0.3) is 0 Å². The second kappa shape index (κ2) is 5.05. The van der Waals surface area contributed by atoms with E-state index in [0.29, 0.717) is 11.5 Å². The molecule has 2 aromatic rings. The summed E-state index contributed by atoms with van der Waals surface area (Å²) in [5.41, 5.74) is 7.05. The van der Waals surface area contributed by atoms with Crippen LogP contribution in [-0.2, 0) is 0 Å². The molecule has 94 valence electrons. The van der Waals surface area contributed by atoms with Gasteiger partial charge in [0.05, 0.1) is 17.9 Å². The maximum Gasteiger partial charge on any atom is 0.339 e. The highest BCUT2D eigenvalue weighted by atomic mass is 32.1. The first-order valence-electron chi connectivity index (χ1n) is 5.35. The van der Waals surface area contributed by atoms with Crippen molar-refractivity contribution in [1.82, 2.24) is 4.98 Å². The third kappa shape index (κ3) is 2.60. The molecule has 0 aromatic carbocycles. The largest absolute Gasteiger partial charge is 0.478 e. The van der Waals surface area contributed by atoms with Gasteiger partial charge in [-0.2, -0.15) is 11.3 Å². The molecule has 6 heteroatoms. The molecule has 0 saturated carbocycles. The topological polar surface area (TPSA) is 88.2 Å². The first-order valence-corrected chi connectivity index (χ1v) is 6.29. The van der Waals surface area contributed by atoms with Crippen molar-refractivity contribution in [3.8, 4) is 0 Å².